The van der Waals surface area contributed by atoms with Crippen LogP contribution in [0, 0.1) is 11.6 Å². The van der Waals surface area contributed by atoms with E-state index in [-0.39, 0.29) is 10.8 Å². The van der Waals surface area contributed by atoms with Gasteiger partial charge in [0.15, 0.2) is 11.6 Å². The van der Waals surface area contributed by atoms with E-state index in [4.69, 9.17) is 11.6 Å². The minimum absolute atomic E-state index is 0.258. The zero-order valence-electron chi connectivity index (χ0n) is 5.70. The van der Waals surface area contributed by atoms with Gasteiger partial charge < -0.3 is 4.74 Å². The monoisotopic (exact) mass is 178 g/mol. The van der Waals surface area contributed by atoms with Gasteiger partial charge in [0.2, 0.25) is 0 Å². The molecule has 60 valence electrons. The van der Waals surface area contributed by atoms with Gasteiger partial charge in [-0.05, 0) is 12.1 Å². The molecule has 0 atom stereocenters. The van der Waals surface area contributed by atoms with Gasteiger partial charge in [-0.25, -0.2) is 8.78 Å². The number of methoxy groups -OCH3 is 1. The smallest absolute Gasteiger partial charge is 0.176 e. The molecule has 0 radical (unpaired) electrons. The average Bonchev–Trinajstić information content (AvgIpc) is 1.99. The van der Waals surface area contributed by atoms with Gasteiger partial charge in [-0.1, -0.05) is 11.6 Å². The van der Waals surface area contributed by atoms with Crippen molar-refractivity contribution in [2.45, 2.75) is 0 Å². The first-order valence-corrected chi connectivity index (χ1v) is 3.22. The summed E-state index contributed by atoms with van der Waals surface area (Å²) in [6, 6.07) is 1.90. The predicted molar refractivity (Wildman–Crippen MR) is 37.9 cm³/mol. The lowest BCUT2D eigenvalue weighted by atomic mass is 10.3. The molecule has 1 aromatic carbocycles. The second-order valence-corrected chi connectivity index (χ2v) is 2.25. The summed E-state index contributed by atoms with van der Waals surface area (Å²) in [4.78, 5) is 0. The van der Waals surface area contributed by atoms with Crippen molar-refractivity contribution < 1.29 is 13.5 Å². The third kappa shape index (κ3) is 1.43. The van der Waals surface area contributed by atoms with Crippen molar-refractivity contribution in [1.82, 2.24) is 0 Å². The minimum atomic E-state index is -0.690. The summed E-state index contributed by atoms with van der Waals surface area (Å²) in [5, 5.41) is -0.326. The first-order chi connectivity index (χ1) is 5.16. The molecule has 0 amide bonds. The number of benzene rings is 1. The van der Waals surface area contributed by atoms with Crippen molar-refractivity contribution in [2.75, 3.05) is 7.11 Å². The molecule has 0 saturated carbocycles. The lowest BCUT2D eigenvalue weighted by Gasteiger charge is -2.03. The summed E-state index contributed by atoms with van der Waals surface area (Å²) in [5.41, 5.74) is 0. The molecule has 0 bridgehead atoms. The lowest BCUT2D eigenvalue weighted by molar-refractivity contribution is 0.383. The van der Waals surface area contributed by atoms with Crippen LogP contribution in [0.3, 0.4) is 0 Å². The Kier molecular flexibility index (Phi) is 2.29. The van der Waals surface area contributed by atoms with Crippen molar-refractivity contribution in [3.63, 3.8) is 0 Å². The quantitative estimate of drug-likeness (QED) is 0.601. The Bertz CT molecular complexity index is 275. The number of halogens is 3. The fourth-order valence-corrected chi connectivity index (χ4v) is 0.926. The Morgan fingerprint density at radius 2 is 1.82 bits per heavy atom. The minimum Gasteiger partial charge on any atom is -0.492 e. The molecule has 1 aromatic rings. The predicted octanol–water partition coefficient (Wildman–Crippen LogP) is 2.63. The molecule has 0 spiro atoms. The molecular formula is C7H5ClF2O. The summed E-state index contributed by atoms with van der Waals surface area (Å²) >= 11 is 5.36. The summed E-state index contributed by atoms with van der Waals surface area (Å²) in [7, 11) is 1.23. The highest BCUT2D eigenvalue weighted by Gasteiger charge is 2.11. The van der Waals surface area contributed by atoms with Gasteiger partial charge >= 0.3 is 0 Å². The fourth-order valence-electron chi connectivity index (χ4n) is 0.696. The largest absolute Gasteiger partial charge is 0.492 e. The Balaban J connectivity index is 3.29. The first kappa shape index (κ1) is 8.27. The second-order valence-electron chi connectivity index (χ2n) is 1.88. The van der Waals surface area contributed by atoms with Crippen molar-refractivity contribution in [3.8, 4) is 5.75 Å². The molecule has 0 aliphatic carbocycles. The second kappa shape index (κ2) is 3.05. The Labute approximate surface area is 67.5 Å². The zero-order chi connectivity index (χ0) is 8.43. The van der Waals surface area contributed by atoms with Gasteiger partial charge in [0.25, 0.3) is 0 Å². The highest BCUT2D eigenvalue weighted by atomic mass is 35.5. The average molecular weight is 179 g/mol. The van der Waals surface area contributed by atoms with Crippen molar-refractivity contribution in [2.24, 2.45) is 0 Å². The van der Waals surface area contributed by atoms with E-state index in [2.05, 4.69) is 4.74 Å². The molecule has 0 unspecified atom stereocenters. The summed E-state index contributed by atoms with van der Waals surface area (Å²) in [5.74, 6) is -1.62. The van der Waals surface area contributed by atoms with Gasteiger partial charge in [-0.15, -0.1) is 0 Å². The molecule has 0 aliphatic heterocycles. The van der Waals surface area contributed by atoms with Crippen LogP contribution in [0.15, 0.2) is 12.1 Å². The third-order valence-corrected chi connectivity index (χ3v) is 1.56. The fraction of sp³-hybridized carbons (Fsp3) is 0.143. The molecule has 0 aliphatic rings. The van der Waals surface area contributed by atoms with E-state index in [0.717, 1.165) is 12.1 Å². The number of hydrogen-bond acceptors (Lipinski definition) is 1. The molecule has 0 saturated heterocycles. The molecule has 1 rings (SSSR count). The maximum atomic E-state index is 12.7. The molecule has 1 nitrogen and oxygen atoms in total. The number of rotatable bonds is 1. The SMILES string of the molecule is COc1c(F)ccc(F)c1Cl. The van der Waals surface area contributed by atoms with Crippen LogP contribution in [0.2, 0.25) is 5.02 Å². The van der Waals surface area contributed by atoms with Gasteiger partial charge in [-0.2, -0.15) is 0 Å². The van der Waals surface area contributed by atoms with Crippen LogP contribution in [0.4, 0.5) is 8.78 Å². The Hall–Kier alpha value is -0.830. The Morgan fingerprint density at radius 1 is 1.27 bits per heavy atom. The standard InChI is InChI=1S/C7H5ClF2O/c1-11-7-5(10)3-2-4(9)6(7)8/h2-3H,1H3. The van der Waals surface area contributed by atoms with E-state index in [1.54, 1.807) is 0 Å². The van der Waals surface area contributed by atoms with Gasteiger partial charge in [0.1, 0.15) is 10.8 Å². The van der Waals surface area contributed by atoms with E-state index in [1.807, 2.05) is 0 Å². The van der Waals surface area contributed by atoms with Gasteiger partial charge in [0.05, 0.1) is 7.11 Å². The summed E-state index contributed by atoms with van der Waals surface area (Å²) in [6.07, 6.45) is 0. The molecule has 4 heteroatoms. The van der Waals surface area contributed by atoms with Crippen molar-refractivity contribution >= 4 is 11.6 Å². The van der Waals surface area contributed by atoms with Gasteiger partial charge in [0, 0.05) is 0 Å². The highest BCUT2D eigenvalue weighted by molar-refractivity contribution is 6.32. The summed E-state index contributed by atoms with van der Waals surface area (Å²) in [6.45, 7) is 0. The van der Waals surface area contributed by atoms with Crippen LogP contribution in [0.5, 0.6) is 5.75 Å². The first-order valence-electron chi connectivity index (χ1n) is 2.84. The molecule has 11 heavy (non-hydrogen) atoms. The maximum absolute atomic E-state index is 12.7. The topological polar surface area (TPSA) is 9.23 Å². The molecule has 0 N–H and O–H groups in total. The zero-order valence-corrected chi connectivity index (χ0v) is 6.45. The van der Waals surface area contributed by atoms with E-state index >= 15 is 0 Å². The van der Waals surface area contributed by atoms with Gasteiger partial charge in [-0.3, -0.25) is 0 Å². The normalized spacial score (nSPS) is 9.82. The highest BCUT2D eigenvalue weighted by Crippen LogP contribution is 2.29. The summed E-state index contributed by atoms with van der Waals surface area (Å²) < 4.78 is 29.7. The molecular weight excluding hydrogens is 174 g/mol. The van der Waals surface area contributed by atoms with E-state index in [9.17, 15) is 8.78 Å². The number of ether oxygens (including phenoxy) is 1. The van der Waals surface area contributed by atoms with E-state index in [0.29, 0.717) is 0 Å². The molecule has 0 fully saturated rings. The van der Waals surface area contributed by atoms with Crippen molar-refractivity contribution in [3.05, 3.63) is 28.8 Å². The third-order valence-electron chi connectivity index (χ3n) is 1.21. The van der Waals surface area contributed by atoms with Crippen LogP contribution in [-0.2, 0) is 0 Å². The van der Waals surface area contributed by atoms with E-state index in [1.165, 1.54) is 7.11 Å². The van der Waals surface area contributed by atoms with Crippen LogP contribution < -0.4 is 4.74 Å². The van der Waals surface area contributed by atoms with Crippen LogP contribution in [-0.4, -0.2) is 7.11 Å². The van der Waals surface area contributed by atoms with Crippen LogP contribution >= 0.6 is 11.6 Å². The number of hydrogen-bond donors (Lipinski definition) is 0. The maximum Gasteiger partial charge on any atom is 0.176 e. The molecule has 0 aromatic heterocycles. The lowest BCUT2D eigenvalue weighted by Crippen LogP contribution is -1.90. The van der Waals surface area contributed by atoms with Crippen molar-refractivity contribution in [1.29, 1.82) is 0 Å². The Morgan fingerprint density at radius 3 is 2.27 bits per heavy atom. The van der Waals surface area contributed by atoms with Crippen LogP contribution in [0.25, 0.3) is 0 Å². The molecule has 0 heterocycles. The van der Waals surface area contributed by atoms with Crippen LogP contribution in [0.1, 0.15) is 0 Å². The van der Waals surface area contributed by atoms with E-state index < -0.39 is 11.6 Å².